The second kappa shape index (κ2) is 6.07. The van der Waals surface area contributed by atoms with Crippen LogP contribution in [0.2, 0.25) is 0 Å². The number of aliphatic hydroxyl groups excluding tert-OH is 1. The summed E-state index contributed by atoms with van der Waals surface area (Å²) in [4.78, 5) is 0. The lowest BCUT2D eigenvalue weighted by atomic mass is 10.1. The highest BCUT2D eigenvalue weighted by atomic mass is 16.2. The number of nitrogen functional groups attached to an aromatic ring is 1. The van der Waals surface area contributed by atoms with E-state index in [2.05, 4.69) is 5.32 Å². The summed E-state index contributed by atoms with van der Waals surface area (Å²) in [5, 5.41) is 12.2. The summed E-state index contributed by atoms with van der Waals surface area (Å²) in [6.07, 6.45) is 0.707. The molecule has 0 aliphatic carbocycles. The standard InChI is InChI=1S/C15H18N2O/c16-14-5-1-13(2-6-14)11-17-15-7-3-12(4-8-15)9-10-18/h1-8,17-18H,9-11,16H2. The van der Waals surface area contributed by atoms with E-state index < -0.39 is 0 Å². The van der Waals surface area contributed by atoms with Gasteiger partial charge in [-0.3, -0.25) is 0 Å². The molecular formula is C15H18N2O. The molecule has 4 N–H and O–H groups in total. The number of benzene rings is 2. The van der Waals surface area contributed by atoms with E-state index in [0.29, 0.717) is 6.42 Å². The monoisotopic (exact) mass is 242 g/mol. The SMILES string of the molecule is Nc1ccc(CNc2ccc(CCO)cc2)cc1. The molecule has 0 fully saturated rings. The van der Waals surface area contributed by atoms with Gasteiger partial charge in [-0.25, -0.2) is 0 Å². The first-order valence-corrected chi connectivity index (χ1v) is 6.06. The van der Waals surface area contributed by atoms with Crippen molar-refractivity contribution < 1.29 is 5.11 Å². The van der Waals surface area contributed by atoms with Gasteiger partial charge in [0, 0.05) is 24.5 Å². The predicted molar refractivity (Wildman–Crippen MR) is 75.4 cm³/mol. The van der Waals surface area contributed by atoms with Crippen LogP contribution in [0.15, 0.2) is 48.5 Å². The summed E-state index contributed by atoms with van der Waals surface area (Å²) >= 11 is 0. The molecule has 0 saturated carbocycles. The van der Waals surface area contributed by atoms with Crippen LogP contribution in [0.25, 0.3) is 0 Å². The zero-order valence-corrected chi connectivity index (χ0v) is 10.3. The van der Waals surface area contributed by atoms with Crippen molar-refractivity contribution in [2.75, 3.05) is 17.7 Å². The minimum Gasteiger partial charge on any atom is -0.399 e. The van der Waals surface area contributed by atoms with Crippen LogP contribution in [0.3, 0.4) is 0 Å². The molecule has 94 valence electrons. The molecule has 0 aliphatic rings. The van der Waals surface area contributed by atoms with Crippen LogP contribution >= 0.6 is 0 Å². The largest absolute Gasteiger partial charge is 0.399 e. The zero-order valence-electron chi connectivity index (χ0n) is 10.3. The summed E-state index contributed by atoms with van der Waals surface area (Å²) in [5.74, 6) is 0. The third kappa shape index (κ3) is 3.50. The van der Waals surface area contributed by atoms with Crippen LogP contribution in [-0.2, 0) is 13.0 Å². The van der Waals surface area contributed by atoms with Gasteiger partial charge in [-0.2, -0.15) is 0 Å². The van der Waals surface area contributed by atoms with Gasteiger partial charge in [0.25, 0.3) is 0 Å². The Morgan fingerprint density at radius 3 is 2.11 bits per heavy atom. The molecule has 0 spiro atoms. The van der Waals surface area contributed by atoms with Crippen molar-refractivity contribution in [2.45, 2.75) is 13.0 Å². The average molecular weight is 242 g/mol. The fraction of sp³-hybridized carbons (Fsp3) is 0.200. The van der Waals surface area contributed by atoms with Crippen LogP contribution in [0.4, 0.5) is 11.4 Å². The lowest BCUT2D eigenvalue weighted by molar-refractivity contribution is 0.299. The van der Waals surface area contributed by atoms with Gasteiger partial charge >= 0.3 is 0 Å². The molecule has 0 radical (unpaired) electrons. The van der Waals surface area contributed by atoms with Crippen molar-refractivity contribution in [1.29, 1.82) is 0 Å². The maximum Gasteiger partial charge on any atom is 0.0471 e. The Balaban J connectivity index is 1.91. The minimum absolute atomic E-state index is 0.193. The second-order valence-corrected chi connectivity index (χ2v) is 4.27. The van der Waals surface area contributed by atoms with Crippen molar-refractivity contribution in [3.63, 3.8) is 0 Å². The van der Waals surface area contributed by atoms with Crippen molar-refractivity contribution in [3.8, 4) is 0 Å². The van der Waals surface area contributed by atoms with E-state index in [4.69, 9.17) is 10.8 Å². The van der Waals surface area contributed by atoms with Crippen molar-refractivity contribution in [1.82, 2.24) is 0 Å². The molecule has 3 heteroatoms. The van der Waals surface area contributed by atoms with Crippen LogP contribution in [0.5, 0.6) is 0 Å². The molecule has 3 nitrogen and oxygen atoms in total. The van der Waals surface area contributed by atoms with Crippen LogP contribution in [-0.4, -0.2) is 11.7 Å². The Morgan fingerprint density at radius 1 is 0.889 bits per heavy atom. The van der Waals surface area contributed by atoms with Crippen LogP contribution < -0.4 is 11.1 Å². The third-order valence-electron chi connectivity index (χ3n) is 2.83. The number of nitrogens with two attached hydrogens (primary N) is 1. The first-order valence-electron chi connectivity index (χ1n) is 6.06. The summed E-state index contributed by atoms with van der Waals surface area (Å²) in [5.41, 5.74) is 9.85. The number of anilines is 2. The summed E-state index contributed by atoms with van der Waals surface area (Å²) in [6, 6.07) is 16.0. The highest BCUT2D eigenvalue weighted by Crippen LogP contribution is 2.12. The fourth-order valence-corrected chi connectivity index (χ4v) is 1.76. The molecule has 0 saturated heterocycles. The normalized spacial score (nSPS) is 10.3. The van der Waals surface area contributed by atoms with Crippen molar-refractivity contribution in [2.24, 2.45) is 0 Å². The Labute approximate surface area is 107 Å². The average Bonchev–Trinajstić information content (AvgIpc) is 2.40. The van der Waals surface area contributed by atoms with Gasteiger partial charge in [-0.15, -0.1) is 0 Å². The quantitative estimate of drug-likeness (QED) is 0.706. The molecule has 0 atom stereocenters. The second-order valence-electron chi connectivity index (χ2n) is 4.27. The number of nitrogens with one attached hydrogen (secondary N) is 1. The molecule has 2 aromatic rings. The third-order valence-corrected chi connectivity index (χ3v) is 2.83. The first-order chi connectivity index (χ1) is 8.78. The summed E-state index contributed by atoms with van der Waals surface area (Å²) < 4.78 is 0. The molecule has 0 unspecified atom stereocenters. The molecule has 0 amide bonds. The van der Waals surface area contributed by atoms with Gasteiger partial charge in [-0.05, 0) is 41.8 Å². The van der Waals surface area contributed by atoms with E-state index in [1.165, 1.54) is 5.56 Å². The van der Waals surface area contributed by atoms with Gasteiger partial charge in [0.1, 0.15) is 0 Å². The van der Waals surface area contributed by atoms with Gasteiger partial charge in [0.05, 0.1) is 0 Å². The molecule has 18 heavy (non-hydrogen) atoms. The van der Waals surface area contributed by atoms with Crippen molar-refractivity contribution in [3.05, 3.63) is 59.7 Å². The Hall–Kier alpha value is -2.00. The number of hydrogen-bond acceptors (Lipinski definition) is 3. The van der Waals surface area contributed by atoms with E-state index in [1.54, 1.807) is 0 Å². The number of rotatable bonds is 5. The van der Waals surface area contributed by atoms with Gasteiger partial charge in [0.15, 0.2) is 0 Å². The number of aliphatic hydroxyl groups is 1. The Morgan fingerprint density at radius 2 is 1.50 bits per heavy atom. The lowest BCUT2D eigenvalue weighted by Gasteiger charge is -2.07. The van der Waals surface area contributed by atoms with Crippen molar-refractivity contribution >= 4 is 11.4 Å². The van der Waals surface area contributed by atoms with E-state index in [-0.39, 0.29) is 6.61 Å². The topological polar surface area (TPSA) is 58.3 Å². The van der Waals surface area contributed by atoms with Gasteiger partial charge in [0.2, 0.25) is 0 Å². The van der Waals surface area contributed by atoms with Gasteiger partial charge in [-0.1, -0.05) is 24.3 Å². The van der Waals surface area contributed by atoms with E-state index in [9.17, 15) is 0 Å². The molecule has 2 rings (SSSR count). The summed E-state index contributed by atoms with van der Waals surface area (Å²) in [6.45, 7) is 0.970. The van der Waals surface area contributed by atoms with Gasteiger partial charge < -0.3 is 16.2 Å². The molecule has 0 bridgehead atoms. The highest BCUT2D eigenvalue weighted by Gasteiger charge is 1.95. The fourth-order valence-electron chi connectivity index (χ4n) is 1.76. The molecule has 0 heterocycles. The van der Waals surface area contributed by atoms with E-state index in [0.717, 1.165) is 23.5 Å². The maximum atomic E-state index is 8.84. The zero-order chi connectivity index (χ0) is 12.8. The lowest BCUT2D eigenvalue weighted by Crippen LogP contribution is -2.00. The highest BCUT2D eigenvalue weighted by molar-refractivity contribution is 5.46. The minimum atomic E-state index is 0.193. The van der Waals surface area contributed by atoms with E-state index in [1.807, 2.05) is 48.5 Å². The first kappa shape index (κ1) is 12.5. The molecule has 0 aliphatic heterocycles. The molecule has 0 aromatic heterocycles. The molecular weight excluding hydrogens is 224 g/mol. The van der Waals surface area contributed by atoms with E-state index >= 15 is 0 Å². The predicted octanol–water partition coefficient (Wildman–Crippen LogP) is 2.42. The summed E-state index contributed by atoms with van der Waals surface area (Å²) in [7, 11) is 0. The van der Waals surface area contributed by atoms with Crippen LogP contribution in [0.1, 0.15) is 11.1 Å². The Kier molecular flexibility index (Phi) is 4.20. The Bertz CT molecular complexity index is 477. The smallest absolute Gasteiger partial charge is 0.0471 e. The number of hydrogen-bond donors (Lipinski definition) is 3. The molecule has 2 aromatic carbocycles. The van der Waals surface area contributed by atoms with Crippen LogP contribution in [0, 0.1) is 0 Å². The maximum absolute atomic E-state index is 8.84.